The van der Waals surface area contributed by atoms with Gasteiger partial charge in [0.25, 0.3) is 0 Å². The van der Waals surface area contributed by atoms with E-state index in [0.29, 0.717) is 0 Å². The van der Waals surface area contributed by atoms with Gasteiger partial charge in [0, 0.05) is 0 Å². The fraction of sp³-hybridized carbons (Fsp3) is 0.857. The monoisotopic (exact) mass is 338 g/mol. The Morgan fingerprint density at radius 1 is 0.739 bits per heavy atom. The lowest BCUT2D eigenvalue weighted by atomic mass is 10.4. The molecule has 0 spiro atoms. The summed E-state index contributed by atoms with van der Waals surface area (Å²) in [5, 5.41) is 17.9. The van der Waals surface area contributed by atoms with Gasteiger partial charge in [-0.2, -0.15) is 0 Å². The van der Waals surface area contributed by atoms with Crippen molar-refractivity contribution in [1.29, 1.82) is 0 Å². The summed E-state index contributed by atoms with van der Waals surface area (Å²) in [6.45, 7) is 6.04. The van der Waals surface area contributed by atoms with Crippen molar-refractivity contribution in [3.63, 3.8) is 0 Å². The van der Waals surface area contributed by atoms with Gasteiger partial charge in [-0.25, -0.2) is 9.59 Å². The van der Waals surface area contributed by atoms with Crippen molar-refractivity contribution in [3.8, 4) is 0 Å². The maximum absolute atomic E-state index is 11.2. The van der Waals surface area contributed by atoms with Crippen LogP contribution in [-0.4, -0.2) is 73.4 Å². The van der Waals surface area contributed by atoms with Crippen molar-refractivity contribution in [2.75, 3.05) is 26.4 Å². The Morgan fingerprint density at radius 2 is 1.09 bits per heavy atom. The summed E-state index contributed by atoms with van der Waals surface area (Å²) in [5.74, 6) is 0. The topological polar surface area (TPSA) is 121 Å². The van der Waals surface area contributed by atoms with E-state index in [2.05, 4.69) is 9.47 Å². The molecule has 0 rings (SSSR count). The van der Waals surface area contributed by atoms with Gasteiger partial charge < -0.3 is 33.9 Å². The molecule has 0 saturated carbocycles. The van der Waals surface area contributed by atoms with Crippen molar-refractivity contribution in [3.05, 3.63) is 0 Å². The van der Waals surface area contributed by atoms with E-state index in [9.17, 15) is 9.59 Å². The molecule has 0 aromatic carbocycles. The Labute approximate surface area is 135 Å². The highest BCUT2D eigenvalue weighted by Gasteiger charge is 2.15. The minimum Gasteiger partial charge on any atom is -0.432 e. The predicted molar refractivity (Wildman–Crippen MR) is 78.0 cm³/mol. The Kier molecular flexibility index (Phi) is 11.1. The van der Waals surface area contributed by atoms with Crippen molar-refractivity contribution in [2.45, 2.75) is 52.1 Å². The number of rotatable bonds is 10. The van der Waals surface area contributed by atoms with E-state index < -0.39 is 36.7 Å². The zero-order valence-electron chi connectivity index (χ0n) is 13.9. The Bertz CT molecular complexity index is 311. The molecule has 0 bridgehead atoms. The van der Waals surface area contributed by atoms with E-state index in [1.165, 1.54) is 13.8 Å². The molecule has 0 amide bonds. The van der Waals surface area contributed by atoms with Gasteiger partial charge in [0.1, 0.15) is 25.4 Å². The van der Waals surface area contributed by atoms with E-state index >= 15 is 0 Å². The van der Waals surface area contributed by atoms with Gasteiger partial charge in [-0.3, -0.25) is 0 Å². The highest BCUT2D eigenvalue weighted by molar-refractivity contribution is 5.60. The molecule has 4 atom stereocenters. The molecule has 136 valence electrons. The molecule has 2 N–H and O–H groups in total. The molecule has 0 aromatic rings. The maximum atomic E-state index is 11.2. The second-order valence-electron chi connectivity index (χ2n) is 5.21. The van der Waals surface area contributed by atoms with Crippen molar-refractivity contribution >= 4 is 12.3 Å². The smallest absolute Gasteiger partial charge is 0.432 e. The van der Waals surface area contributed by atoms with Crippen LogP contribution in [0.15, 0.2) is 0 Å². The highest BCUT2D eigenvalue weighted by atomic mass is 16.7. The SMILES string of the molecule is CC(O)COC(=O)OC(C)COCC(C)OC(=O)OCC(C)O. The summed E-state index contributed by atoms with van der Waals surface area (Å²) in [5.41, 5.74) is 0. The van der Waals surface area contributed by atoms with E-state index in [0.717, 1.165) is 0 Å². The average Bonchev–Trinajstić information content (AvgIpc) is 2.42. The summed E-state index contributed by atoms with van der Waals surface area (Å²) in [6, 6.07) is 0. The Morgan fingerprint density at radius 3 is 1.39 bits per heavy atom. The zero-order chi connectivity index (χ0) is 17.8. The van der Waals surface area contributed by atoms with Crippen LogP contribution in [0.25, 0.3) is 0 Å². The Hall–Kier alpha value is -1.58. The van der Waals surface area contributed by atoms with Gasteiger partial charge in [0.2, 0.25) is 0 Å². The fourth-order valence-corrected chi connectivity index (χ4v) is 1.24. The minimum atomic E-state index is -0.895. The van der Waals surface area contributed by atoms with Crippen LogP contribution in [0.1, 0.15) is 27.7 Å². The van der Waals surface area contributed by atoms with Crippen LogP contribution in [-0.2, 0) is 23.7 Å². The van der Waals surface area contributed by atoms with Crippen molar-refractivity contribution in [1.82, 2.24) is 0 Å². The van der Waals surface area contributed by atoms with Crippen LogP contribution in [0, 0.1) is 0 Å². The number of aliphatic hydroxyl groups is 2. The number of ether oxygens (including phenoxy) is 5. The highest BCUT2D eigenvalue weighted by Crippen LogP contribution is 2.00. The lowest BCUT2D eigenvalue weighted by Gasteiger charge is -2.17. The predicted octanol–water partition coefficient (Wildman–Crippen LogP) is 0.848. The first-order valence-electron chi connectivity index (χ1n) is 7.31. The molecule has 4 unspecified atom stereocenters. The fourth-order valence-electron chi connectivity index (χ4n) is 1.24. The molecule has 0 saturated heterocycles. The maximum Gasteiger partial charge on any atom is 0.508 e. The van der Waals surface area contributed by atoms with Crippen LogP contribution in [0.3, 0.4) is 0 Å². The number of carbonyl (C=O) groups is 2. The van der Waals surface area contributed by atoms with Crippen LogP contribution in [0.4, 0.5) is 9.59 Å². The second-order valence-corrected chi connectivity index (χ2v) is 5.21. The van der Waals surface area contributed by atoms with E-state index in [1.807, 2.05) is 0 Å². The number of aliphatic hydroxyl groups excluding tert-OH is 2. The standard InChI is InChI=1S/C14H26O9/c1-9(15)5-20-13(17)22-11(3)7-19-8-12(4)23-14(18)21-6-10(2)16/h9-12,15-16H,5-8H2,1-4H3. The summed E-state index contributed by atoms with van der Waals surface area (Å²) in [7, 11) is 0. The minimum absolute atomic E-state index is 0.0835. The van der Waals surface area contributed by atoms with Crippen molar-refractivity contribution < 1.29 is 43.5 Å². The molecule has 0 fully saturated rings. The molecule has 0 aliphatic rings. The number of hydrogen-bond acceptors (Lipinski definition) is 9. The lowest BCUT2D eigenvalue weighted by molar-refractivity contribution is -0.0467. The molecule has 9 nitrogen and oxygen atoms in total. The van der Waals surface area contributed by atoms with E-state index in [-0.39, 0.29) is 26.4 Å². The van der Waals surface area contributed by atoms with Gasteiger partial charge in [-0.05, 0) is 27.7 Å². The molecular formula is C14H26O9. The molecule has 0 aliphatic carbocycles. The molecule has 9 heteroatoms. The second kappa shape index (κ2) is 11.9. The van der Waals surface area contributed by atoms with Crippen LogP contribution in [0.5, 0.6) is 0 Å². The summed E-state index contributed by atoms with van der Waals surface area (Å²) in [4.78, 5) is 22.4. The molecule has 0 heterocycles. The molecule has 0 aliphatic heterocycles. The largest absolute Gasteiger partial charge is 0.508 e. The van der Waals surface area contributed by atoms with E-state index in [1.54, 1.807) is 13.8 Å². The van der Waals surface area contributed by atoms with Crippen molar-refractivity contribution in [2.24, 2.45) is 0 Å². The Balaban J connectivity index is 3.75. The first kappa shape index (κ1) is 21.4. The van der Waals surface area contributed by atoms with E-state index in [4.69, 9.17) is 24.4 Å². The van der Waals surface area contributed by atoms with Crippen LogP contribution < -0.4 is 0 Å². The first-order valence-corrected chi connectivity index (χ1v) is 7.31. The molecular weight excluding hydrogens is 312 g/mol. The normalized spacial score (nSPS) is 15.9. The van der Waals surface area contributed by atoms with Gasteiger partial charge in [-0.15, -0.1) is 0 Å². The summed E-state index contributed by atoms with van der Waals surface area (Å²) >= 11 is 0. The average molecular weight is 338 g/mol. The van der Waals surface area contributed by atoms with Gasteiger partial charge in [0.15, 0.2) is 0 Å². The third-order valence-electron chi connectivity index (χ3n) is 2.18. The van der Waals surface area contributed by atoms with Gasteiger partial charge in [0.05, 0.1) is 25.4 Å². The quantitative estimate of drug-likeness (QED) is 0.558. The summed E-state index contributed by atoms with van der Waals surface area (Å²) < 4.78 is 24.2. The molecule has 0 radical (unpaired) electrons. The van der Waals surface area contributed by atoms with Gasteiger partial charge >= 0.3 is 12.3 Å². The molecule has 23 heavy (non-hydrogen) atoms. The third kappa shape index (κ3) is 13.8. The van der Waals surface area contributed by atoms with Gasteiger partial charge in [-0.1, -0.05) is 0 Å². The van der Waals surface area contributed by atoms with Crippen LogP contribution >= 0.6 is 0 Å². The lowest BCUT2D eigenvalue weighted by Crippen LogP contribution is -2.27. The number of carbonyl (C=O) groups excluding carboxylic acids is 2. The first-order chi connectivity index (χ1) is 10.7. The molecule has 0 aromatic heterocycles. The number of hydrogen-bond donors (Lipinski definition) is 2. The zero-order valence-corrected chi connectivity index (χ0v) is 13.9. The van der Waals surface area contributed by atoms with Crippen LogP contribution in [0.2, 0.25) is 0 Å². The summed E-state index contributed by atoms with van der Waals surface area (Å²) in [6.07, 6.45) is -4.45. The third-order valence-corrected chi connectivity index (χ3v) is 2.18.